The Balaban J connectivity index is 2.13. The van der Waals surface area contributed by atoms with Gasteiger partial charge in [0.05, 0.1) is 0 Å². The number of aromatic carboxylic acids is 1. The standard InChI is InChI=1S/C14H19BrN2O2/c1-17(9-10-5-3-2-4-6-10)13-12(14(18)19)7-11(15)8-16-13/h7-8,10H,2-6,9H2,1H3,(H,18,19). The molecule has 0 spiro atoms. The van der Waals surface area contributed by atoms with E-state index in [0.717, 1.165) is 6.54 Å². The summed E-state index contributed by atoms with van der Waals surface area (Å²) >= 11 is 3.27. The highest BCUT2D eigenvalue weighted by atomic mass is 79.9. The van der Waals surface area contributed by atoms with Gasteiger partial charge in [-0.05, 0) is 40.8 Å². The number of pyridine rings is 1. The molecular weight excluding hydrogens is 308 g/mol. The Morgan fingerprint density at radius 3 is 2.79 bits per heavy atom. The van der Waals surface area contributed by atoms with Gasteiger partial charge < -0.3 is 10.0 Å². The molecule has 0 amide bonds. The zero-order valence-corrected chi connectivity index (χ0v) is 12.7. The second-order valence-electron chi connectivity index (χ2n) is 5.21. The molecule has 1 fully saturated rings. The topological polar surface area (TPSA) is 53.4 Å². The normalized spacial score (nSPS) is 16.3. The molecule has 0 bridgehead atoms. The summed E-state index contributed by atoms with van der Waals surface area (Å²) in [6.45, 7) is 0.884. The maximum Gasteiger partial charge on any atom is 0.339 e. The Hall–Kier alpha value is -1.10. The van der Waals surface area contributed by atoms with Crippen LogP contribution in [0.2, 0.25) is 0 Å². The molecule has 0 atom stereocenters. The first-order chi connectivity index (χ1) is 9.08. The first-order valence-corrected chi connectivity index (χ1v) is 7.47. The highest BCUT2D eigenvalue weighted by Gasteiger charge is 2.20. The van der Waals surface area contributed by atoms with Gasteiger partial charge in [0.15, 0.2) is 0 Å². The van der Waals surface area contributed by atoms with E-state index in [9.17, 15) is 9.90 Å². The van der Waals surface area contributed by atoms with Gasteiger partial charge in [-0.1, -0.05) is 19.3 Å². The molecule has 1 N–H and O–H groups in total. The molecule has 5 heteroatoms. The average Bonchev–Trinajstić information content (AvgIpc) is 2.39. The lowest BCUT2D eigenvalue weighted by atomic mass is 9.89. The summed E-state index contributed by atoms with van der Waals surface area (Å²) < 4.78 is 0.694. The van der Waals surface area contributed by atoms with Crippen LogP contribution in [-0.4, -0.2) is 29.7 Å². The van der Waals surface area contributed by atoms with E-state index in [1.165, 1.54) is 32.1 Å². The Labute approximate surface area is 122 Å². The van der Waals surface area contributed by atoms with Crippen LogP contribution in [0.4, 0.5) is 5.82 Å². The van der Waals surface area contributed by atoms with Crippen molar-refractivity contribution in [3.8, 4) is 0 Å². The summed E-state index contributed by atoms with van der Waals surface area (Å²) in [4.78, 5) is 17.5. The van der Waals surface area contributed by atoms with Gasteiger partial charge in [-0.3, -0.25) is 0 Å². The fourth-order valence-electron chi connectivity index (χ4n) is 2.74. The number of carbonyl (C=O) groups is 1. The first-order valence-electron chi connectivity index (χ1n) is 6.68. The third-order valence-corrected chi connectivity index (χ3v) is 4.12. The van der Waals surface area contributed by atoms with Crippen LogP contribution in [0.5, 0.6) is 0 Å². The van der Waals surface area contributed by atoms with Crippen molar-refractivity contribution in [2.24, 2.45) is 5.92 Å². The van der Waals surface area contributed by atoms with Crippen molar-refractivity contribution in [3.05, 3.63) is 22.3 Å². The van der Waals surface area contributed by atoms with E-state index in [0.29, 0.717) is 16.2 Å². The van der Waals surface area contributed by atoms with Gasteiger partial charge in [0.2, 0.25) is 0 Å². The fourth-order valence-corrected chi connectivity index (χ4v) is 3.07. The van der Waals surface area contributed by atoms with Gasteiger partial charge in [-0.25, -0.2) is 9.78 Å². The lowest BCUT2D eigenvalue weighted by molar-refractivity contribution is 0.0697. The summed E-state index contributed by atoms with van der Waals surface area (Å²) in [7, 11) is 1.93. The molecule has 0 aromatic carbocycles. The lowest BCUT2D eigenvalue weighted by Gasteiger charge is -2.28. The van der Waals surface area contributed by atoms with Crippen molar-refractivity contribution in [2.75, 3.05) is 18.5 Å². The molecule has 104 valence electrons. The van der Waals surface area contributed by atoms with Crippen molar-refractivity contribution in [1.29, 1.82) is 0 Å². The summed E-state index contributed by atoms with van der Waals surface area (Å²) in [5.74, 6) is 0.284. The Kier molecular flexibility index (Phi) is 4.80. The van der Waals surface area contributed by atoms with E-state index < -0.39 is 5.97 Å². The largest absolute Gasteiger partial charge is 0.478 e. The predicted molar refractivity (Wildman–Crippen MR) is 78.7 cm³/mol. The third kappa shape index (κ3) is 3.69. The van der Waals surface area contributed by atoms with Gasteiger partial charge in [0, 0.05) is 24.3 Å². The maximum atomic E-state index is 11.3. The van der Waals surface area contributed by atoms with Gasteiger partial charge in [0.1, 0.15) is 11.4 Å². The highest BCUT2D eigenvalue weighted by molar-refractivity contribution is 9.10. The first kappa shape index (κ1) is 14.3. The van der Waals surface area contributed by atoms with Crippen LogP contribution in [-0.2, 0) is 0 Å². The third-order valence-electron chi connectivity index (χ3n) is 3.68. The summed E-state index contributed by atoms with van der Waals surface area (Å²) in [6.07, 6.45) is 8.04. The number of rotatable bonds is 4. The van der Waals surface area contributed by atoms with Crippen LogP contribution < -0.4 is 4.90 Å². The van der Waals surface area contributed by atoms with E-state index in [1.54, 1.807) is 12.3 Å². The van der Waals surface area contributed by atoms with Crippen LogP contribution >= 0.6 is 15.9 Å². The number of halogens is 1. The minimum atomic E-state index is -0.931. The molecule has 2 rings (SSSR count). The molecule has 1 aromatic heterocycles. The second kappa shape index (κ2) is 6.37. The van der Waals surface area contributed by atoms with Crippen molar-refractivity contribution in [1.82, 2.24) is 4.98 Å². The van der Waals surface area contributed by atoms with E-state index in [2.05, 4.69) is 20.9 Å². The molecule has 0 aliphatic heterocycles. The van der Waals surface area contributed by atoms with Gasteiger partial charge in [-0.15, -0.1) is 0 Å². The Bertz CT molecular complexity index is 459. The van der Waals surface area contributed by atoms with E-state index >= 15 is 0 Å². The smallest absolute Gasteiger partial charge is 0.339 e. The molecular formula is C14H19BrN2O2. The molecule has 0 unspecified atom stereocenters. The van der Waals surface area contributed by atoms with Gasteiger partial charge >= 0.3 is 5.97 Å². The van der Waals surface area contributed by atoms with Gasteiger partial charge in [0.25, 0.3) is 0 Å². The second-order valence-corrected chi connectivity index (χ2v) is 6.13. The minimum Gasteiger partial charge on any atom is -0.478 e. The van der Waals surface area contributed by atoms with Crippen LogP contribution in [0.1, 0.15) is 42.5 Å². The van der Waals surface area contributed by atoms with E-state index in [4.69, 9.17) is 0 Å². The van der Waals surface area contributed by atoms with Crippen molar-refractivity contribution < 1.29 is 9.90 Å². The zero-order valence-electron chi connectivity index (χ0n) is 11.1. The zero-order chi connectivity index (χ0) is 13.8. The van der Waals surface area contributed by atoms with Crippen LogP contribution in [0.15, 0.2) is 16.7 Å². The van der Waals surface area contributed by atoms with Crippen molar-refractivity contribution >= 4 is 27.7 Å². The fraction of sp³-hybridized carbons (Fsp3) is 0.571. The SMILES string of the molecule is CN(CC1CCCCC1)c1ncc(Br)cc1C(=O)O. The van der Waals surface area contributed by atoms with E-state index in [-0.39, 0.29) is 5.56 Å². The number of anilines is 1. The van der Waals surface area contributed by atoms with Gasteiger partial charge in [-0.2, -0.15) is 0 Å². The molecule has 1 aliphatic carbocycles. The molecule has 19 heavy (non-hydrogen) atoms. The Morgan fingerprint density at radius 1 is 1.47 bits per heavy atom. The maximum absolute atomic E-state index is 11.3. The molecule has 4 nitrogen and oxygen atoms in total. The van der Waals surface area contributed by atoms with E-state index in [1.807, 2.05) is 11.9 Å². The summed E-state index contributed by atoms with van der Waals surface area (Å²) in [6, 6.07) is 1.61. The van der Waals surface area contributed by atoms with Crippen molar-refractivity contribution in [3.63, 3.8) is 0 Å². The van der Waals surface area contributed by atoms with Crippen molar-refractivity contribution in [2.45, 2.75) is 32.1 Å². The number of hydrogen-bond acceptors (Lipinski definition) is 3. The molecule has 1 aliphatic rings. The number of aromatic nitrogens is 1. The van der Waals surface area contributed by atoms with Crippen LogP contribution in [0.25, 0.3) is 0 Å². The molecule has 1 saturated carbocycles. The predicted octanol–water partition coefficient (Wildman–Crippen LogP) is 3.56. The highest BCUT2D eigenvalue weighted by Crippen LogP contribution is 2.27. The summed E-state index contributed by atoms with van der Waals surface area (Å²) in [5.41, 5.74) is 0.257. The molecule has 0 saturated heterocycles. The number of hydrogen-bond donors (Lipinski definition) is 1. The number of nitrogens with zero attached hydrogens (tertiary/aromatic N) is 2. The lowest BCUT2D eigenvalue weighted by Crippen LogP contribution is -2.29. The summed E-state index contributed by atoms with van der Waals surface area (Å²) in [5, 5.41) is 9.26. The average molecular weight is 327 g/mol. The minimum absolute atomic E-state index is 0.257. The monoisotopic (exact) mass is 326 g/mol. The quantitative estimate of drug-likeness (QED) is 0.919. The van der Waals surface area contributed by atoms with Crippen LogP contribution in [0.3, 0.4) is 0 Å². The Morgan fingerprint density at radius 2 is 2.16 bits per heavy atom. The molecule has 0 radical (unpaired) electrons. The van der Waals surface area contributed by atoms with Crippen LogP contribution in [0, 0.1) is 5.92 Å². The number of carboxylic acids is 1. The molecule has 1 aromatic rings. The molecule has 1 heterocycles. The number of carboxylic acid groups (broad SMARTS) is 1.